The van der Waals surface area contributed by atoms with Crippen molar-refractivity contribution in [3.8, 4) is 0 Å². The molecule has 1 aliphatic rings. The maximum atomic E-state index is 13.0. The first-order chi connectivity index (χ1) is 6.18. The number of nitrogens with two attached hydrogens (primary N) is 1. The number of hydrogen-bond acceptors (Lipinski definition) is 1. The third kappa shape index (κ3) is 1.57. The summed E-state index contributed by atoms with van der Waals surface area (Å²) in [5.41, 5.74) is 7.52. The monoisotopic (exact) mass is 243 g/mol. The van der Waals surface area contributed by atoms with E-state index in [1.165, 1.54) is 12.5 Å². The smallest absolute Gasteiger partial charge is 0.124 e. The van der Waals surface area contributed by atoms with Crippen LogP contribution in [0.1, 0.15) is 30.7 Å². The zero-order valence-electron chi connectivity index (χ0n) is 7.19. The second-order valence-electron chi connectivity index (χ2n) is 3.52. The van der Waals surface area contributed by atoms with Crippen LogP contribution in [0.25, 0.3) is 0 Å². The maximum Gasteiger partial charge on any atom is 0.124 e. The van der Waals surface area contributed by atoms with Crippen LogP contribution in [0.4, 0.5) is 10.1 Å². The van der Waals surface area contributed by atoms with Gasteiger partial charge in [0.05, 0.1) is 0 Å². The number of benzene rings is 1. The Hall–Kier alpha value is -0.570. The first kappa shape index (κ1) is 9.00. The highest BCUT2D eigenvalue weighted by Gasteiger charge is 2.22. The van der Waals surface area contributed by atoms with Crippen LogP contribution in [0.5, 0.6) is 0 Å². The molecule has 1 aliphatic carbocycles. The summed E-state index contributed by atoms with van der Waals surface area (Å²) >= 11 is 3.25. The number of rotatable bonds is 1. The third-order valence-electron chi connectivity index (χ3n) is 2.67. The molecule has 0 aromatic heterocycles. The predicted octanol–water partition coefficient (Wildman–Crippen LogP) is 3.44. The quantitative estimate of drug-likeness (QED) is 0.752. The van der Waals surface area contributed by atoms with Gasteiger partial charge in [0, 0.05) is 10.2 Å². The minimum absolute atomic E-state index is 0.206. The molecule has 0 unspecified atom stereocenters. The average molecular weight is 244 g/mol. The molecule has 3 heteroatoms. The largest absolute Gasteiger partial charge is 0.398 e. The number of anilines is 1. The van der Waals surface area contributed by atoms with Gasteiger partial charge in [-0.05, 0) is 52.4 Å². The average Bonchev–Trinajstić information content (AvgIpc) is 1.95. The first-order valence-corrected chi connectivity index (χ1v) is 5.22. The summed E-state index contributed by atoms with van der Waals surface area (Å²) in [4.78, 5) is 0. The lowest BCUT2D eigenvalue weighted by Gasteiger charge is -2.27. The molecule has 0 spiro atoms. The van der Waals surface area contributed by atoms with Gasteiger partial charge in [0.25, 0.3) is 0 Å². The van der Waals surface area contributed by atoms with Crippen molar-refractivity contribution in [2.45, 2.75) is 25.2 Å². The molecule has 0 radical (unpaired) electrons. The van der Waals surface area contributed by atoms with Crippen LogP contribution in [-0.2, 0) is 0 Å². The molecule has 13 heavy (non-hydrogen) atoms. The molecule has 0 amide bonds. The highest BCUT2D eigenvalue weighted by atomic mass is 79.9. The van der Waals surface area contributed by atoms with Gasteiger partial charge in [0.1, 0.15) is 5.82 Å². The molecule has 1 aromatic carbocycles. The van der Waals surface area contributed by atoms with Crippen molar-refractivity contribution in [2.75, 3.05) is 5.73 Å². The Morgan fingerprint density at radius 2 is 2.08 bits per heavy atom. The van der Waals surface area contributed by atoms with Crippen molar-refractivity contribution in [1.29, 1.82) is 0 Å². The summed E-state index contributed by atoms with van der Waals surface area (Å²) in [6.45, 7) is 0. The van der Waals surface area contributed by atoms with Crippen LogP contribution in [0.3, 0.4) is 0 Å². The van der Waals surface area contributed by atoms with E-state index in [-0.39, 0.29) is 5.82 Å². The zero-order chi connectivity index (χ0) is 9.42. The maximum absolute atomic E-state index is 13.0. The van der Waals surface area contributed by atoms with Gasteiger partial charge in [-0.15, -0.1) is 0 Å². The van der Waals surface area contributed by atoms with E-state index in [1.807, 2.05) is 0 Å². The fourth-order valence-electron chi connectivity index (χ4n) is 1.66. The van der Waals surface area contributed by atoms with Crippen LogP contribution in [0.15, 0.2) is 16.6 Å². The van der Waals surface area contributed by atoms with Crippen molar-refractivity contribution in [1.82, 2.24) is 0 Å². The molecule has 1 aromatic rings. The summed E-state index contributed by atoms with van der Waals surface area (Å²) in [6, 6.07) is 2.97. The summed E-state index contributed by atoms with van der Waals surface area (Å²) in [5, 5.41) is 0. The minimum Gasteiger partial charge on any atom is -0.398 e. The van der Waals surface area contributed by atoms with E-state index in [1.54, 1.807) is 6.07 Å². The molecular weight excluding hydrogens is 233 g/mol. The van der Waals surface area contributed by atoms with Crippen molar-refractivity contribution in [2.24, 2.45) is 0 Å². The minimum atomic E-state index is -0.206. The molecule has 0 heterocycles. The molecule has 0 atom stereocenters. The Morgan fingerprint density at radius 3 is 2.62 bits per heavy atom. The molecule has 0 bridgehead atoms. The van der Waals surface area contributed by atoms with Crippen LogP contribution < -0.4 is 5.73 Å². The zero-order valence-corrected chi connectivity index (χ0v) is 8.77. The van der Waals surface area contributed by atoms with Gasteiger partial charge in [-0.1, -0.05) is 6.42 Å². The van der Waals surface area contributed by atoms with Crippen molar-refractivity contribution < 1.29 is 4.39 Å². The van der Waals surface area contributed by atoms with E-state index in [2.05, 4.69) is 15.9 Å². The van der Waals surface area contributed by atoms with Crippen LogP contribution in [-0.4, -0.2) is 0 Å². The summed E-state index contributed by atoms with van der Waals surface area (Å²) in [5.74, 6) is 0.273. The van der Waals surface area contributed by atoms with Gasteiger partial charge in [0.15, 0.2) is 0 Å². The fourth-order valence-corrected chi connectivity index (χ4v) is 2.11. The predicted molar refractivity (Wildman–Crippen MR) is 55.1 cm³/mol. The Kier molecular flexibility index (Phi) is 2.28. The van der Waals surface area contributed by atoms with Gasteiger partial charge < -0.3 is 5.73 Å². The van der Waals surface area contributed by atoms with Gasteiger partial charge in [-0.2, -0.15) is 0 Å². The van der Waals surface area contributed by atoms with Gasteiger partial charge in [-0.3, -0.25) is 0 Å². The van der Waals surface area contributed by atoms with Crippen molar-refractivity contribution >= 4 is 21.6 Å². The molecule has 1 fully saturated rings. The molecule has 1 saturated carbocycles. The SMILES string of the molecule is Nc1c(Br)cc(F)cc1C1CCC1. The highest BCUT2D eigenvalue weighted by molar-refractivity contribution is 9.10. The molecule has 1 nitrogen and oxygen atoms in total. The van der Waals surface area contributed by atoms with Crippen LogP contribution >= 0.6 is 15.9 Å². The highest BCUT2D eigenvalue weighted by Crippen LogP contribution is 2.41. The fraction of sp³-hybridized carbons (Fsp3) is 0.400. The van der Waals surface area contributed by atoms with E-state index >= 15 is 0 Å². The Bertz CT molecular complexity index is 334. The van der Waals surface area contributed by atoms with E-state index in [0.717, 1.165) is 18.4 Å². The van der Waals surface area contributed by atoms with Crippen molar-refractivity contribution in [3.05, 3.63) is 28.0 Å². The summed E-state index contributed by atoms with van der Waals surface area (Å²) < 4.78 is 13.7. The Labute approximate surface area is 85.3 Å². The van der Waals surface area contributed by atoms with Crippen molar-refractivity contribution in [3.63, 3.8) is 0 Å². The van der Waals surface area contributed by atoms with Gasteiger partial charge in [0.2, 0.25) is 0 Å². The van der Waals surface area contributed by atoms with Crippen LogP contribution in [0.2, 0.25) is 0 Å². The van der Waals surface area contributed by atoms with Gasteiger partial charge in [-0.25, -0.2) is 4.39 Å². The van der Waals surface area contributed by atoms with Crippen LogP contribution in [0, 0.1) is 5.82 Å². The standard InChI is InChI=1S/C10H11BrFN/c11-9-5-7(12)4-8(10(9)13)6-2-1-3-6/h4-6H,1-3,13H2. The number of halogens is 2. The molecule has 0 aliphatic heterocycles. The van der Waals surface area contributed by atoms with E-state index in [4.69, 9.17) is 5.73 Å². The van der Waals surface area contributed by atoms with E-state index in [9.17, 15) is 4.39 Å². The molecule has 2 rings (SSSR count). The Balaban J connectivity index is 2.42. The first-order valence-electron chi connectivity index (χ1n) is 4.43. The number of nitrogen functional groups attached to an aromatic ring is 1. The second-order valence-corrected chi connectivity index (χ2v) is 4.37. The molecule has 70 valence electrons. The third-order valence-corrected chi connectivity index (χ3v) is 3.33. The number of hydrogen-bond donors (Lipinski definition) is 1. The Morgan fingerprint density at radius 1 is 1.38 bits per heavy atom. The molecular formula is C10H11BrFN. The normalized spacial score (nSPS) is 17.1. The molecule has 0 saturated heterocycles. The topological polar surface area (TPSA) is 26.0 Å². The van der Waals surface area contributed by atoms with E-state index < -0.39 is 0 Å². The second kappa shape index (κ2) is 3.29. The summed E-state index contributed by atoms with van der Waals surface area (Å²) in [6.07, 6.45) is 3.51. The summed E-state index contributed by atoms with van der Waals surface area (Å²) in [7, 11) is 0. The lowest BCUT2D eigenvalue weighted by atomic mass is 9.79. The lowest BCUT2D eigenvalue weighted by molar-refractivity contribution is 0.419. The van der Waals surface area contributed by atoms with E-state index in [0.29, 0.717) is 16.1 Å². The molecule has 2 N–H and O–H groups in total. The lowest BCUT2D eigenvalue weighted by Crippen LogP contribution is -2.11. The van der Waals surface area contributed by atoms with Gasteiger partial charge >= 0.3 is 0 Å².